The van der Waals surface area contributed by atoms with E-state index in [1.54, 1.807) is 11.3 Å². The first-order valence-electron chi connectivity index (χ1n) is 11.2. The van der Waals surface area contributed by atoms with E-state index in [-0.39, 0.29) is 0 Å². The maximum absolute atomic E-state index is 10.0. The second-order valence-corrected chi connectivity index (χ2v) is 9.20. The van der Waals surface area contributed by atoms with Crippen LogP contribution in [0.15, 0.2) is 30.3 Å². The van der Waals surface area contributed by atoms with Crippen molar-refractivity contribution in [3.05, 3.63) is 46.9 Å². The molecule has 0 radical (unpaired) electrons. The number of hydrogen-bond donors (Lipinski definition) is 0. The number of nitrogens with zero attached hydrogens (tertiary/aromatic N) is 6. The highest BCUT2D eigenvalue weighted by Crippen LogP contribution is 2.36. The van der Waals surface area contributed by atoms with Crippen molar-refractivity contribution in [2.75, 3.05) is 18.0 Å². The zero-order chi connectivity index (χ0) is 21.0. The summed E-state index contributed by atoms with van der Waals surface area (Å²) >= 11 is 1.67. The lowest BCUT2D eigenvalue weighted by molar-refractivity contribution is 0.577. The fraction of sp³-hybridized carbons (Fsp3) is 0.417. The molecule has 2 aliphatic rings. The van der Waals surface area contributed by atoms with Crippen LogP contribution in [-0.4, -0.2) is 32.8 Å². The summed E-state index contributed by atoms with van der Waals surface area (Å²) in [6.45, 7) is 2.98. The highest BCUT2D eigenvalue weighted by molar-refractivity contribution is 7.17. The van der Waals surface area contributed by atoms with Gasteiger partial charge in [-0.1, -0.05) is 48.1 Å². The molecule has 0 amide bonds. The maximum Gasteiger partial charge on any atom is 0.186 e. The molecule has 1 fully saturated rings. The van der Waals surface area contributed by atoms with Gasteiger partial charge in [0.1, 0.15) is 11.9 Å². The highest BCUT2D eigenvalue weighted by Gasteiger charge is 2.21. The molecule has 4 heterocycles. The van der Waals surface area contributed by atoms with Crippen molar-refractivity contribution in [3.8, 4) is 17.3 Å². The molecule has 1 saturated heterocycles. The van der Waals surface area contributed by atoms with Crippen molar-refractivity contribution in [2.45, 2.75) is 51.5 Å². The number of aromatic nitrogens is 4. The van der Waals surface area contributed by atoms with Crippen LogP contribution in [0.25, 0.3) is 22.9 Å². The molecule has 3 aromatic rings. The van der Waals surface area contributed by atoms with Crippen molar-refractivity contribution in [1.29, 1.82) is 5.26 Å². The minimum atomic E-state index is 0.562. The summed E-state index contributed by atoms with van der Waals surface area (Å²) in [4.78, 5) is 8.41. The summed E-state index contributed by atoms with van der Waals surface area (Å²) in [5, 5.41) is 19.9. The minimum absolute atomic E-state index is 0.562. The number of thiazole rings is 1. The molecule has 0 unspecified atom stereocenters. The second-order valence-electron chi connectivity index (χ2n) is 8.19. The van der Waals surface area contributed by atoms with Crippen LogP contribution in [0.4, 0.5) is 5.13 Å². The van der Waals surface area contributed by atoms with Crippen LogP contribution in [0.1, 0.15) is 55.1 Å². The van der Waals surface area contributed by atoms with Crippen LogP contribution >= 0.6 is 11.3 Å². The number of benzene rings is 1. The summed E-state index contributed by atoms with van der Waals surface area (Å²) in [6.07, 6.45) is 10.0. The fourth-order valence-corrected chi connectivity index (χ4v) is 5.49. The van der Waals surface area contributed by atoms with E-state index < -0.39 is 0 Å². The van der Waals surface area contributed by atoms with E-state index in [1.165, 1.54) is 25.7 Å². The number of aryl methyl sites for hydroxylation is 1. The zero-order valence-electron chi connectivity index (χ0n) is 17.6. The number of hydrogen-bond acceptors (Lipinski definition) is 6. The van der Waals surface area contributed by atoms with Crippen molar-refractivity contribution in [2.24, 2.45) is 0 Å². The third-order valence-corrected chi connectivity index (χ3v) is 7.13. The molecule has 0 aliphatic carbocycles. The van der Waals surface area contributed by atoms with Gasteiger partial charge in [-0.2, -0.15) is 5.26 Å². The Balaban J connectivity index is 1.58. The fourth-order valence-electron chi connectivity index (χ4n) is 4.40. The van der Waals surface area contributed by atoms with Gasteiger partial charge >= 0.3 is 0 Å². The SMILES string of the molecule is N#C/C(=C\c1sc(N2CCCCC2)nc1-c1ccccc1)c1nnc2n1CCCCC2. The van der Waals surface area contributed by atoms with Crippen molar-refractivity contribution in [1.82, 2.24) is 19.7 Å². The topological polar surface area (TPSA) is 70.6 Å². The molecule has 0 bridgehead atoms. The number of rotatable bonds is 4. The lowest BCUT2D eigenvalue weighted by atomic mass is 10.1. The van der Waals surface area contributed by atoms with E-state index in [4.69, 9.17) is 4.98 Å². The molecule has 7 heteroatoms. The number of fused-ring (bicyclic) bond motifs is 1. The third-order valence-electron chi connectivity index (χ3n) is 6.06. The van der Waals surface area contributed by atoms with Crippen molar-refractivity contribution >= 4 is 28.1 Å². The predicted octanol–water partition coefficient (Wildman–Crippen LogP) is 5.18. The molecule has 1 aromatic carbocycles. The number of piperidine rings is 1. The Bertz CT molecular complexity index is 1110. The molecule has 0 N–H and O–H groups in total. The van der Waals surface area contributed by atoms with Crippen LogP contribution in [0.3, 0.4) is 0 Å². The van der Waals surface area contributed by atoms with Crippen molar-refractivity contribution in [3.63, 3.8) is 0 Å². The molecule has 5 rings (SSSR count). The number of anilines is 1. The molecular weight excluding hydrogens is 404 g/mol. The molecule has 2 aromatic heterocycles. The second kappa shape index (κ2) is 9.03. The predicted molar refractivity (Wildman–Crippen MR) is 125 cm³/mol. The molecule has 0 atom stereocenters. The van der Waals surface area contributed by atoms with Crippen LogP contribution < -0.4 is 4.90 Å². The maximum atomic E-state index is 10.0. The van der Waals surface area contributed by atoms with Gasteiger partial charge in [0.15, 0.2) is 11.0 Å². The Labute approximate surface area is 186 Å². The van der Waals surface area contributed by atoms with Crippen LogP contribution in [0.2, 0.25) is 0 Å². The summed E-state index contributed by atoms with van der Waals surface area (Å²) in [7, 11) is 0. The normalized spacial score (nSPS) is 17.1. The standard InChI is InChI=1S/C24H26N6S/c25-17-19(23-28-27-21-12-6-2-9-15-30(21)23)16-20-22(18-10-4-1-5-11-18)26-24(31-20)29-13-7-3-8-14-29/h1,4-5,10-11,16H,2-3,6-9,12-15H2/b19-16+. The summed E-state index contributed by atoms with van der Waals surface area (Å²) < 4.78 is 2.14. The molecule has 0 spiro atoms. The Hall–Kier alpha value is -2.98. The largest absolute Gasteiger partial charge is 0.348 e. The van der Waals surface area contributed by atoms with E-state index >= 15 is 0 Å². The summed E-state index contributed by atoms with van der Waals surface area (Å²) in [5.74, 6) is 1.68. The lowest BCUT2D eigenvalue weighted by Gasteiger charge is -2.25. The lowest BCUT2D eigenvalue weighted by Crippen LogP contribution is -2.29. The molecule has 6 nitrogen and oxygen atoms in total. The molecule has 31 heavy (non-hydrogen) atoms. The Morgan fingerprint density at radius 3 is 2.55 bits per heavy atom. The molecule has 0 saturated carbocycles. The number of nitriles is 1. The van der Waals surface area contributed by atoms with Crippen LogP contribution in [-0.2, 0) is 13.0 Å². The van der Waals surface area contributed by atoms with Gasteiger partial charge in [-0.3, -0.25) is 0 Å². The van der Waals surface area contributed by atoms with Gasteiger partial charge in [-0.15, -0.1) is 10.2 Å². The van der Waals surface area contributed by atoms with Gasteiger partial charge in [0.25, 0.3) is 0 Å². The van der Waals surface area contributed by atoms with E-state index in [0.717, 1.165) is 66.0 Å². The Kier molecular flexibility index (Phi) is 5.81. The van der Waals surface area contributed by atoms with Gasteiger partial charge in [-0.25, -0.2) is 4.98 Å². The highest BCUT2D eigenvalue weighted by atomic mass is 32.1. The first kappa shape index (κ1) is 20.0. The third kappa shape index (κ3) is 4.13. The minimum Gasteiger partial charge on any atom is -0.348 e. The Morgan fingerprint density at radius 2 is 1.74 bits per heavy atom. The monoisotopic (exact) mass is 430 g/mol. The number of allylic oxidation sites excluding steroid dienone is 1. The molecule has 2 aliphatic heterocycles. The van der Waals surface area contributed by atoms with Gasteiger partial charge in [-0.05, 0) is 38.2 Å². The summed E-state index contributed by atoms with van der Waals surface area (Å²) in [5.41, 5.74) is 2.58. The average molecular weight is 431 g/mol. The van der Waals surface area contributed by atoms with Crippen LogP contribution in [0, 0.1) is 11.3 Å². The van der Waals surface area contributed by atoms with Gasteiger partial charge in [0.2, 0.25) is 0 Å². The Morgan fingerprint density at radius 1 is 0.968 bits per heavy atom. The smallest absolute Gasteiger partial charge is 0.186 e. The zero-order valence-corrected chi connectivity index (χ0v) is 18.4. The van der Waals surface area contributed by atoms with E-state index in [9.17, 15) is 5.26 Å². The first-order chi connectivity index (χ1) is 15.3. The van der Waals surface area contributed by atoms with Gasteiger partial charge < -0.3 is 9.47 Å². The quantitative estimate of drug-likeness (QED) is 0.533. The summed E-state index contributed by atoms with van der Waals surface area (Å²) in [6, 6.07) is 12.6. The molecule has 158 valence electrons. The molecular formula is C24H26N6S. The van der Waals surface area contributed by atoms with Crippen LogP contribution in [0.5, 0.6) is 0 Å². The first-order valence-corrected chi connectivity index (χ1v) is 12.0. The van der Waals surface area contributed by atoms with E-state index in [1.807, 2.05) is 24.3 Å². The average Bonchev–Trinajstić information content (AvgIpc) is 3.35. The van der Waals surface area contributed by atoms with E-state index in [0.29, 0.717) is 11.4 Å². The van der Waals surface area contributed by atoms with Gasteiger partial charge in [0.05, 0.1) is 16.1 Å². The van der Waals surface area contributed by atoms with Crippen molar-refractivity contribution < 1.29 is 0 Å². The van der Waals surface area contributed by atoms with E-state index in [2.05, 4.69) is 37.9 Å². The van der Waals surface area contributed by atoms with Gasteiger partial charge in [0, 0.05) is 31.6 Å².